The lowest BCUT2D eigenvalue weighted by Crippen LogP contribution is -3.05. The van der Waals surface area contributed by atoms with Crippen LogP contribution in [0.25, 0.3) is 5.76 Å². The monoisotopic (exact) mass is 396 g/mol. The highest BCUT2D eigenvalue weighted by Crippen LogP contribution is 2.39. The smallest absolute Gasteiger partial charge is 0.295 e. The number of aliphatic hydroxyl groups excluding tert-OH is 1. The second-order valence-corrected chi connectivity index (χ2v) is 7.32. The first kappa shape index (κ1) is 20.5. The van der Waals surface area contributed by atoms with Gasteiger partial charge in [0.1, 0.15) is 11.5 Å². The zero-order valence-corrected chi connectivity index (χ0v) is 16.9. The van der Waals surface area contributed by atoms with Gasteiger partial charge < -0.3 is 19.6 Å². The van der Waals surface area contributed by atoms with Gasteiger partial charge >= 0.3 is 0 Å². The number of methoxy groups -OCH3 is 1. The van der Waals surface area contributed by atoms with E-state index in [0.29, 0.717) is 23.4 Å². The molecular formula is C22H26N3O4+. The van der Waals surface area contributed by atoms with Crippen molar-refractivity contribution in [3.8, 4) is 5.75 Å². The fourth-order valence-electron chi connectivity index (χ4n) is 3.50. The highest BCUT2D eigenvalue weighted by atomic mass is 16.5. The van der Waals surface area contributed by atoms with Crippen LogP contribution in [0.4, 0.5) is 0 Å². The van der Waals surface area contributed by atoms with E-state index in [0.717, 1.165) is 13.0 Å². The number of aromatic nitrogens is 1. The summed E-state index contributed by atoms with van der Waals surface area (Å²) in [4.78, 5) is 32.6. The van der Waals surface area contributed by atoms with Crippen LogP contribution in [0, 0.1) is 0 Å². The first-order chi connectivity index (χ1) is 13.9. The molecule has 152 valence electrons. The molecule has 1 atom stereocenters. The topological polar surface area (TPSA) is 84.2 Å². The predicted molar refractivity (Wildman–Crippen MR) is 109 cm³/mol. The van der Waals surface area contributed by atoms with Crippen LogP contribution in [0.5, 0.6) is 5.75 Å². The van der Waals surface area contributed by atoms with E-state index in [9.17, 15) is 14.7 Å². The Morgan fingerprint density at radius 1 is 1.21 bits per heavy atom. The Morgan fingerprint density at radius 2 is 1.93 bits per heavy atom. The molecule has 7 nitrogen and oxygen atoms in total. The number of carbonyl (C=O) groups is 2. The number of carbonyl (C=O) groups excluding carboxylic acids is 2. The Labute approximate surface area is 170 Å². The number of pyridine rings is 1. The zero-order valence-electron chi connectivity index (χ0n) is 16.9. The Kier molecular flexibility index (Phi) is 6.29. The molecule has 1 aliphatic heterocycles. The third-order valence-corrected chi connectivity index (χ3v) is 4.98. The largest absolute Gasteiger partial charge is 0.507 e. The normalized spacial score (nSPS) is 18.5. The van der Waals surface area contributed by atoms with Crippen molar-refractivity contribution in [2.75, 3.05) is 34.3 Å². The number of benzene rings is 1. The lowest BCUT2D eigenvalue weighted by atomic mass is 9.96. The minimum absolute atomic E-state index is 0.0883. The first-order valence-electron chi connectivity index (χ1n) is 9.55. The van der Waals surface area contributed by atoms with Gasteiger partial charge in [-0.05, 0) is 35.9 Å². The van der Waals surface area contributed by atoms with Gasteiger partial charge in [-0.1, -0.05) is 6.07 Å². The number of hydrogen-bond acceptors (Lipinski definition) is 5. The number of ether oxygens (including phenoxy) is 1. The summed E-state index contributed by atoms with van der Waals surface area (Å²) in [5.74, 6) is -0.829. The van der Waals surface area contributed by atoms with Crippen molar-refractivity contribution >= 4 is 17.4 Å². The van der Waals surface area contributed by atoms with E-state index in [4.69, 9.17) is 4.74 Å². The average Bonchev–Trinajstić information content (AvgIpc) is 2.98. The number of amides is 1. The summed E-state index contributed by atoms with van der Waals surface area (Å²) in [6.07, 6.45) is 4.01. The van der Waals surface area contributed by atoms with Crippen LogP contribution in [0.2, 0.25) is 0 Å². The van der Waals surface area contributed by atoms with Crippen molar-refractivity contribution in [3.63, 3.8) is 0 Å². The summed E-state index contributed by atoms with van der Waals surface area (Å²) < 4.78 is 5.15. The molecule has 0 saturated carbocycles. The molecule has 1 amide bonds. The van der Waals surface area contributed by atoms with Gasteiger partial charge in [0.15, 0.2) is 0 Å². The maximum Gasteiger partial charge on any atom is 0.295 e. The Bertz CT molecular complexity index is 907. The predicted octanol–water partition coefficient (Wildman–Crippen LogP) is 1.05. The molecular weight excluding hydrogens is 370 g/mol. The van der Waals surface area contributed by atoms with E-state index >= 15 is 0 Å². The molecule has 0 aliphatic carbocycles. The molecule has 1 fully saturated rings. The van der Waals surface area contributed by atoms with Crippen LogP contribution in [-0.2, 0) is 9.59 Å². The fourth-order valence-corrected chi connectivity index (χ4v) is 3.50. The van der Waals surface area contributed by atoms with Crippen LogP contribution in [-0.4, -0.2) is 61.0 Å². The summed E-state index contributed by atoms with van der Waals surface area (Å²) in [6.45, 7) is 1.29. The van der Waals surface area contributed by atoms with Crippen LogP contribution in [0.15, 0.2) is 54.4 Å². The number of ketones is 1. The number of quaternary nitrogens is 1. The quantitative estimate of drug-likeness (QED) is 0.415. The Balaban J connectivity index is 2.05. The molecule has 3 rings (SSSR count). The first-order valence-corrected chi connectivity index (χ1v) is 9.55. The van der Waals surface area contributed by atoms with Gasteiger partial charge in [-0.3, -0.25) is 14.6 Å². The molecule has 0 radical (unpaired) electrons. The van der Waals surface area contributed by atoms with Crippen LogP contribution in [0.1, 0.15) is 23.6 Å². The molecule has 0 spiro atoms. The second-order valence-electron chi connectivity index (χ2n) is 7.32. The summed E-state index contributed by atoms with van der Waals surface area (Å²) in [5.41, 5.74) is 1.24. The van der Waals surface area contributed by atoms with E-state index in [1.807, 2.05) is 20.2 Å². The van der Waals surface area contributed by atoms with E-state index in [-0.39, 0.29) is 11.3 Å². The maximum atomic E-state index is 12.9. The van der Waals surface area contributed by atoms with Crippen molar-refractivity contribution in [2.45, 2.75) is 12.5 Å². The highest BCUT2D eigenvalue weighted by molar-refractivity contribution is 6.46. The van der Waals surface area contributed by atoms with E-state index in [1.165, 1.54) is 9.80 Å². The molecule has 1 aliphatic rings. The van der Waals surface area contributed by atoms with Gasteiger partial charge in [0.2, 0.25) is 0 Å². The van der Waals surface area contributed by atoms with Crippen LogP contribution >= 0.6 is 0 Å². The molecule has 2 N–H and O–H groups in total. The van der Waals surface area contributed by atoms with Gasteiger partial charge in [0.05, 0.1) is 39.4 Å². The third-order valence-electron chi connectivity index (χ3n) is 4.98. The molecule has 0 unspecified atom stereocenters. The number of likely N-dealkylation sites (tertiary alicyclic amines) is 1. The van der Waals surface area contributed by atoms with Crippen molar-refractivity contribution in [1.82, 2.24) is 9.88 Å². The van der Waals surface area contributed by atoms with E-state index < -0.39 is 17.7 Å². The van der Waals surface area contributed by atoms with Gasteiger partial charge in [0.25, 0.3) is 11.7 Å². The van der Waals surface area contributed by atoms with Crippen molar-refractivity contribution in [2.24, 2.45) is 0 Å². The third kappa shape index (κ3) is 4.30. The lowest BCUT2D eigenvalue weighted by molar-refractivity contribution is -0.858. The summed E-state index contributed by atoms with van der Waals surface area (Å²) in [6, 6.07) is 9.63. The second kappa shape index (κ2) is 8.87. The molecule has 1 saturated heterocycles. The summed E-state index contributed by atoms with van der Waals surface area (Å²) in [5, 5.41) is 10.9. The van der Waals surface area contributed by atoms with Gasteiger partial charge in [0, 0.05) is 30.9 Å². The van der Waals surface area contributed by atoms with Gasteiger partial charge in [-0.2, -0.15) is 0 Å². The van der Waals surface area contributed by atoms with Crippen molar-refractivity contribution in [1.29, 1.82) is 0 Å². The SMILES string of the molecule is COc1ccc(/C(O)=C2/C(=O)C(=O)N(CCC[NH+](C)C)[C@@H]2c2cccnc2)cc1. The minimum Gasteiger partial charge on any atom is -0.507 e. The van der Waals surface area contributed by atoms with Gasteiger partial charge in [-0.25, -0.2) is 0 Å². The van der Waals surface area contributed by atoms with Crippen molar-refractivity contribution < 1.29 is 24.3 Å². The molecule has 1 aromatic heterocycles. The van der Waals surface area contributed by atoms with Crippen molar-refractivity contribution in [3.05, 3.63) is 65.5 Å². The fraction of sp³-hybridized carbons (Fsp3) is 0.318. The molecule has 0 bridgehead atoms. The minimum atomic E-state index is -0.677. The molecule has 7 heteroatoms. The number of Topliss-reactive ketones (excluding diaryl/α,β-unsaturated/α-hetero) is 1. The molecule has 2 aromatic rings. The number of nitrogens with zero attached hydrogens (tertiary/aromatic N) is 2. The zero-order chi connectivity index (χ0) is 21.0. The lowest BCUT2D eigenvalue weighted by Gasteiger charge is -2.25. The number of rotatable bonds is 7. The number of hydrogen-bond donors (Lipinski definition) is 2. The van der Waals surface area contributed by atoms with E-state index in [1.54, 1.807) is 49.8 Å². The average molecular weight is 396 g/mol. The summed E-state index contributed by atoms with van der Waals surface area (Å²) in [7, 11) is 5.63. The standard InChI is InChI=1S/C22H25N3O4/c1-24(2)12-5-13-25-19(16-6-4-11-23-14-16)18(21(27)22(25)28)20(26)15-7-9-17(29-3)10-8-15/h4,6-11,14,19,26H,5,12-13H2,1-3H3/p+1/b20-18-/t19-/m1/s1. The van der Waals surface area contributed by atoms with Crippen LogP contribution < -0.4 is 9.64 Å². The summed E-state index contributed by atoms with van der Waals surface area (Å²) >= 11 is 0. The highest BCUT2D eigenvalue weighted by Gasteiger charge is 2.45. The Hall–Kier alpha value is -3.19. The molecule has 2 heterocycles. The Morgan fingerprint density at radius 3 is 2.52 bits per heavy atom. The molecule has 29 heavy (non-hydrogen) atoms. The molecule has 1 aromatic carbocycles. The van der Waals surface area contributed by atoms with E-state index in [2.05, 4.69) is 4.98 Å². The van der Waals surface area contributed by atoms with Gasteiger partial charge in [-0.15, -0.1) is 0 Å². The number of aliphatic hydroxyl groups is 1. The van der Waals surface area contributed by atoms with Crippen LogP contribution in [0.3, 0.4) is 0 Å². The number of nitrogens with one attached hydrogen (secondary N) is 1. The maximum absolute atomic E-state index is 12.9.